The highest BCUT2D eigenvalue weighted by molar-refractivity contribution is 5.89. The lowest BCUT2D eigenvalue weighted by atomic mass is 10.1. The fourth-order valence-electron chi connectivity index (χ4n) is 1.54. The van der Waals surface area contributed by atoms with Gasteiger partial charge in [-0.2, -0.15) is 0 Å². The van der Waals surface area contributed by atoms with Crippen LogP contribution in [0.15, 0.2) is 18.5 Å². The summed E-state index contributed by atoms with van der Waals surface area (Å²) in [7, 11) is 0. The fraction of sp³-hybridized carbons (Fsp3) is 0.455. The normalized spacial score (nSPS) is 17.1. The van der Waals surface area contributed by atoms with Crippen LogP contribution in [0.4, 0.5) is 4.39 Å². The molecule has 0 aromatic carbocycles. The number of nitrogens with zero attached hydrogens (tertiary/aromatic N) is 1. The minimum atomic E-state index is -0.540. The van der Waals surface area contributed by atoms with Crippen LogP contribution in [0.5, 0.6) is 0 Å². The molecule has 0 spiro atoms. The summed E-state index contributed by atoms with van der Waals surface area (Å²) in [6, 6.07) is 1.12. The summed E-state index contributed by atoms with van der Waals surface area (Å²) in [6.07, 6.45) is 3.59. The highest BCUT2D eigenvalue weighted by Crippen LogP contribution is 2.13. The van der Waals surface area contributed by atoms with E-state index in [1.54, 1.807) is 0 Å². The zero-order valence-corrected chi connectivity index (χ0v) is 8.69. The molecule has 5 heteroatoms. The molecule has 1 aliphatic rings. The molecular weight excluding hydrogens is 213 g/mol. The molecule has 2 rings (SSSR count). The van der Waals surface area contributed by atoms with Crippen molar-refractivity contribution >= 4 is 5.97 Å². The van der Waals surface area contributed by atoms with Crippen LogP contribution in [-0.2, 0) is 9.47 Å². The molecule has 2 heterocycles. The monoisotopic (exact) mass is 225 g/mol. The van der Waals surface area contributed by atoms with Crippen molar-refractivity contribution < 1.29 is 18.7 Å². The summed E-state index contributed by atoms with van der Waals surface area (Å²) in [5.41, 5.74) is 0.145. The van der Waals surface area contributed by atoms with Gasteiger partial charge in [-0.25, -0.2) is 9.18 Å². The first-order chi connectivity index (χ1) is 7.75. The molecule has 16 heavy (non-hydrogen) atoms. The molecule has 0 unspecified atom stereocenters. The Morgan fingerprint density at radius 2 is 2.19 bits per heavy atom. The lowest BCUT2D eigenvalue weighted by Crippen LogP contribution is -2.26. The molecule has 1 aromatic heterocycles. The van der Waals surface area contributed by atoms with E-state index >= 15 is 0 Å². The van der Waals surface area contributed by atoms with Crippen molar-refractivity contribution in [1.29, 1.82) is 0 Å². The molecule has 0 amide bonds. The third-order valence-electron chi connectivity index (χ3n) is 2.38. The number of rotatable bonds is 2. The summed E-state index contributed by atoms with van der Waals surface area (Å²) in [5, 5.41) is 0. The van der Waals surface area contributed by atoms with E-state index in [4.69, 9.17) is 9.47 Å². The molecule has 86 valence electrons. The second-order valence-corrected chi connectivity index (χ2v) is 3.61. The van der Waals surface area contributed by atoms with Crippen molar-refractivity contribution in [2.24, 2.45) is 0 Å². The molecule has 0 radical (unpaired) electrons. The van der Waals surface area contributed by atoms with Crippen LogP contribution in [0.1, 0.15) is 23.2 Å². The first kappa shape index (κ1) is 11.0. The third-order valence-corrected chi connectivity index (χ3v) is 2.38. The summed E-state index contributed by atoms with van der Waals surface area (Å²) in [5.74, 6) is -1.07. The van der Waals surface area contributed by atoms with Crippen LogP contribution in [0, 0.1) is 5.82 Å². The van der Waals surface area contributed by atoms with Crippen molar-refractivity contribution in [2.45, 2.75) is 18.9 Å². The Labute approximate surface area is 92.4 Å². The topological polar surface area (TPSA) is 48.4 Å². The van der Waals surface area contributed by atoms with Crippen LogP contribution in [0.2, 0.25) is 0 Å². The maximum atomic E-state index is 12.8. The van der Waals surface area contributed by atoms with Crippen molar-refractivity contribution in [2.75, 3.05) is 13.2 Å². The Morgan fingerprint density at radius 3 is 2.88 bits per heavy atom. The standard InChI is InChI=1S/C11H12FNO3/c12-9-5-8(6-13-7-9)11(14)16-10-1-3-15-4-2-10/h5-7,10H,1-4H2. The summed E-state index contributed by atoms with van der Waals surface area (Å²) < 4.78 is 23.2. The molecule has 1 aliphatic heterocycles. The van der Waals surface area contributed by atoms with Crippen LogP contribution in [0.3, 0.4) is 0 Å². The molecule has 0 N–H and O–H groups in total. The first-order valence-electron chi connectivity index (χ1n) is 5.15. The van der Waals surface area contributed by atoms with Gasteiger partial charge in [-0.3, -0.25) is 4.98 Å². The van der Waals surface area contributed by atoms with E-state index in [0.29, 0.717) is 26.1 Å². The average molecular weight is 225 g/mol. The van der Waals surface area contributed by atoms with Gasteiger partial charge in [0.1, 0.15) is 11.9 Å². The number of aromatic nitrogens is 1. The average Bonchev–Trinajstić information content (AvgIpc) is 2.30. The number of halogens is 1. The van der Waals surface area contributed by atoms with Gasteiger partial charge in [0.25, 0.3) is 0 Å². The summed E-state index contributed by atoms with van der Waals surface area (Å²) in [6.45, 7) is 1.19. The molecule has 4 nitrogen and oxygen atoms in total. The number of hydrogen-bond donors (Lipinski definition) is 0. The molecule has 0 bridgehead atoms. The van der Waals surface area contributed by atoms with E-state index < -0.39 is 11.8 Å². The van der Waals surface area contributed by atoms with Gasteiger partial charge < -0.3 is 9.47 Å². The van der Waals surface area contributed by atoms with Gasteiger partial charge in [-0.15, -0.1) is 0 Å². The van der Waals surface area contributed by atoms with Gasteiger partial charge >= 0.3 is 5.97 Å². The molecule has 1 aromatic rings. The zero-order valence-electron chi connectivity index (χ0n) is 8.69. The minimum Gasteiger partial charge on any atom is -0.459 e. The lowest BCUT2D eigenvalue weighted by molar-refractivity contribution is -0.0159. The lowest BCUT2D eigenvalue weighted by Gasteiger charge is -2.22. The predicted molar refractivity (Wildman–Crippen MR) is 53.5 cm³/mol. The number of carbonyl (C=O) groups excluding carboxylic acids is 1. The Morgan fingerprint density at radius 1 is 1.44 bits per heavy atom. The molecule has 0 saturated carbocycles. The minimum absolute atomic E-state index is 0.135. The fourth-order valence-corrected chi connectivity index (χ4v) is 1.54. The van der Waals surface area contributed by atoms with Gasteiger partial charge in [-0.1, -0.05) is 0 Å². The molecule has 0 atom stereocenters. The van der Waals surface area contributed by atoms with E-state index in [9.17, 15) is 9.18 Å². The maximum Gasteiger partial charge on any atom is 0.340 e. The second-order valence-electron chi connectivity index (χ2n) is 3.61. The molecular formula is C11H12FNO3. The number of carbonyl (C=O) groups is 1. The van der Waals surface area contributed by atoms with E-state index in [1.807, 2.05) is 0 Å². The first-order valence-corrected chi connectivity index (χ1v) is 5.15. The molecule has 1 fully saturated rings. The van der Waals surface area contributed by atoms with Crippen LogP contribution in [-0.4, -0.2) is 30.3 Å². The van der Waals surface area contributed by atoms with Crippen molar-refractivity contribution in [3.8, 4) is 0 Å². The Balaban J connectivity index is 1.97. The van der Waals surface area contributed by atoms with Crippen molar-refractivity contribution in [3.63, 3.8) is 0 Å². The largest absolute Gasteiger partial charge is 0.459 e. The van der Waals surface area contributed by atoms with E-state index in [1.165, 1.54) is 6.20 Å². The van der Waals surface area contributed by atoms with Gasteiger partial charge in [0, 0.05) is 19.0 Å². The van der Waals surface area contributed by atoms with E-state index in [0.717, 1.165) is 12.3 Å². The van der Waals surface area contributed by atoms with Crippen LogP contribution >= 0.6 is 0 Å². The third kappa shape index (κ3) is 2.76. The number of hydrogen-bond acceptors (Lipinski definition) is 4. The highest BCUT2D eigenvalue weighted by Gasteiger charge is 2.19. The molecule has 0 aliphatic carbocycles. The van der Waals surface area contributed by atoms with Crippen molar-refractivity contribution in [1.82, 2.24) is 4.98 Å². The highest BCUT2D eigenvalue weighted by atomic mass is 19.1. The van der Waals surface area contributed by atoms with Gasteiger partial charge in [-0.05, 0) is 6.07 Å². The van der Waals surface area contributed by atoms with Gasteiger partial charge in [0.05, 0.1) is 25.0 Å². The second kappa shape index (κ2) is 5.03. The Bertz CT molecular complexity index is 377. The van der Waals surface area contributed by atoms with Gasteiger partial charge in [0.15, 0.2) is 0 Å². The van der Waals surface area contributed by atoms with Crippen LogP contribution < -0.4 is 0 Å². The SMILES string of the molecule is O=C(OC1CCOCC1)c1cncc(F)c1. The number of esters is 1. The maximum absolute atomic E-state index is 12.8. The van der Waals surface area contributed by atoms with Crippen molar-refractivity contribution in [3.05, 3.63) is 29.8 Å². The van der Waals surface area contributed by atoms with Gasteiger partial charge in [0.2, 0.25) is 0 Å². The predicted octanol–water partition coefficient (Wildman–Crippen LogP) is 1.56. The quantitative estimate of drug-likeness (QED) is 0.716. The number of pyridine rings is 1. The molecule has 1 saturated heterocycles. The Hall–Kier alpha value is -1.49. The number of ether oxygens (including phenoxy) is 2. The summed E-state index contributed by atoms with van der Waals surface area (Å²) >= 11 is 0. The zero-order chi connectivity index (χ0) is 11.4. The van der Waals surface area contributed by atoms with E-state index in [-0.39, 0.29) is 11.7 Å². The Kier molecular flexibility index (Phi) is 3.46. The summed E-state index contributed by atoms with van der Waals surface area (Å²) in [4.78, 5) is 15.2. The van der Waals surface area contributed by atoms with Crippen LogP contribution in [0.25, 0.3) is 0 Å². The smallest absolute Gasteiger partial charge is 0.340 e. The van der Waals surface area contributed by atoms with E-state index in [2.05, 4.69) is 4.98 Å².